The Morgan fingerprint density at radius 3 is 1.69 bits per heavy atom. The molecule has 0 saturated carbocycles. The van der Waals surface area contributed by atoms with Gasteiger partial charge in [0.05, 0.1) is 0 Å². The summed E-state index contributed by atoms with van der Waals surface area (Å²) in [6, 6.07) is 57.0. The maximum absolute atomic E-state index is 6.14. The predicted molar refractivity (Wildman–Crippen MR) is 201 cm³/mol. The molecule has 2 aromatic heterocycles. The Bertz CT molecular complexity index is 2900. The summed E-state index contributed by atoms with van der Waals surface area (Å²) in [5.41, 5.74) is 6.88. The van der Waals surface area contributed by atoms with Crippen molar-refractivity contribution in [3.05, 3.63) is 164 Å². The molecule has 0 amide bonds. The minimum atomic E-state index is 0.613. The molecule has 8 aromatic carbocycles. The monoisotopic (exact) mass is 625 g/mol. The van der Waals surface area contributed by atoms with E-state index >= 15 is 0 Å². The summed E-state index contributed by atoms with van der Waals surface area (Å²) in [4.78, 5) is 15.5. The van der Waals surface area contributed by atoms with Crippen LogP contribution in [0.2, 0.25) is 0 Å². The maximum Gasteiger partial charge on any atom is 0.164 e. The molecule has 228 valence electrons. The highest BCUT2D eigenvalue weighted by atomic mass is 16.3. The van der Waals surface area contributed by atoms with Crippen molar-refractivity contribution in [2.75, 3.05) is 0 Å². The summed E-state index contributed by atoms with van der Waals surface area (Å²) in [5, 5.41) is 9.10. The second-order valence-corrected chi connectivity index (χ2v) is 12.4. The van der Waals surface area contributed by atoms with Crippen LogP contribution in [0.3, 0.4) is 0 Å². The highest BCUT2D eigenvalue weighted by molar-refractivity contribution is 6.09. The first-order chi connectivity index (χ1) is 24.3. The van der Waals surface area contributed by atoms with Gasteiger partial charge in [0.15, 0.2) is 17.5 Å². The Morgan fingerprint density at radius 1 is 0.306 bits per heavy atom. The third-order valence-corrected chi connectivity index (χ3v) is 9.52. The highest BCUT2D eigenvalue weighted by Crippen LogP contribution is 2.39. The largest absolute Gasteiger partial charge is 0.456 e. The first-order valence-corrected chi connectivity index (χ1v) is 16.4. The van der Waals surface area contributed by atoms with Crippen LogP contribution in [-0.4, -0.2) is 15.0 Å². The van der Waals surface area contributed by atoms with Crippen molar-refractivity contribution in [2.24, 2.45) is 0 Å². The van der Waals surface area contributed by atoms with Crippen LogP contribution in [0.1, 0.15) is 0 Å². The molecular weight excluding hydrogens is 599 g/mol. The van der Waals surface area contributed by atoms with E-state index in [0.717, 1.165) is 54.8 Å². The number of hydrogen-bond donors (Lipinski definition) is 0. The Labute approximate surface area is 282 Å². The van der Waals surface area contributed by atoms with E-state index in [1.165, 1.54) is 27.3 Å². The SMILES string of the molecule is c1ccc2cc(-c3nc(-c4ccc5oc6ccccc6c5c4)nc(-c4ccc(-c5cccc6ccccc56)c5ccccc45)n3)ccc2c1. The fourth-order valence-corrected chi connectivity index (χ4v) is 7.14. The number of para-hydroxylation sites is 1. The molecule has 4 nitrogen and oxygen atoms in total. The van der Waals surface area contributed by atoms with Crippen molar-refractivity contribution in [1.29, 1.82) is 0 Å². The molecule has 10 rings (SSSR count). The van der Waals surface area contributed by atoms with Gasteiger partial charge in [-0.15, -0.1) is 0 Å². The van der Waals surface area contributed by atoms with Gasteiger partial charge in [0.2, 0.25) is 0 Å². The molecule has 10 aromatic rings. The zero-order valence-corrected chi connectivity index (χ0v) is 26.3. The fourth-order valence-electron chi connectivity index (χ4n) is 7.14. The Balaban J connectivity index is 1.21. The molecule has 0 N–H and O–H groups in total. The van der Waals surface area contributed by atoms with Gasteiger partial charge in [-0.05, 0) is 79.8 Å². The normalized spacial score (nSPS) is 11.7. The maximum atomic E-state index is 6.14. The highest BCUT2D eigenvalue weighted by Gasteiger charge is 2.18. The van der Waals surface area contributed by atoms with Crippen LogP contribution < -0.4 is 0 Å². The minimum Gasteiger partial charge on any atom is -0.456 e. The first-order valence-electron chi connectivity index (χ1n) is 16.4. The van der Waals surface area contributed by atoms with Gasteiger partial charge in [-0.1, -0.05) is 127 Å². The molecular formula is C45H27N3O. The van der Waals surface area contributed by atoms with Gasteiger partial charge < -0.3 is 4.42 Å². The molecule has 0 saturated heterocycles. The summed E-state index contributed by atoms with van der Waals surface area (Å²) in [7, 11) is 0. The van der Waals surface area contributed by atoms with E-state index in [2.05, 4.69) is 133 Å². The van der Waals surface area contributed by atoms with Gasteiger partial charge in [0.1, 0.15) is 11.2 Å². The van der Waals surface area contributed by atoms with Gasteiger partial charge in [0.25, 0.3) is 0 Å². The van der Waals surface area contributed by atoms with E-state index in [0.29, 0.717) is 17.5 Å². The zero-order chi connectivity index (χ0) is 32.3. The van der Waals surface area contributed by atoms with Crippen molar-refractivity contribution in [3.63, 3.8) is 0 Å². The number of fused-ring (bicyclic) bond motifs is 6. The molecule has 4 heteroatoms. The van der Waals surface area contributed by atoms with Gasteiger partial charge in [-0.2, -0.15) is 0 Å². The standard InChI is InChI=1S/C45H27N3O/c1-2-12-30-26-31(21-20-28(30)10-1)43-46-44(32-22-25-42-40(27-32)38-17-7-8-19-41(38)49-42)48-45(47-43)39-24-23-37(35-15-5-6-16-36(35)39)34-18-9-13-29-11-3-4-14-33(29)34/h1-27H. The average Bonchev–Trinajstić information content (AvgIpc) is 3.55. The molecule has 0 radical (unpaired) electrons. The number of aromatic nitrogens is 3. The zero-order valence-electron chi connectivity index (χ0n) is 26.3. The molecule has 0 unspecified atom stereocenters. The van der Waals surface area contributed by atoms with E-state index in [1.54, 1.807) is 0 Å². The van der Waals surface area contributed by atoms with E-state index in [9.17, 15) is 0 Å². The number of nitrogens with zero attached hydrogens (tertiary/aromatic N) is 3. The van der Waals surface area contributed by atoms with Crippen LogP contribution in [0.5, 0.6) is 0 Å². The van der Waals surface area contributed by atoms with Crippen LogP contribution in [-0.2, 0) is 0 Å². The average molecular weight is 626 g/mol. The van der Waals surface area contributed by atoms with E-state index in [1.807, 2.05) is 30.3 Å². The first kappa shape index (κ1) is 27.5. The fraction of sp³-hybridized carbons (Fsp3) is 0. The molecule has 49 heavy (non-hydrogen) atoms. The molecule has 2 heterocycles. The minimum absolute atomic E-state index is 0.613. The third-order valence-electron chi connectivity index (χ3n) is 9.52. The van der Waals surface area contributed by atoms with Crippen LogP contribution in [0.25, 0.3) is 99.5 Å². The van der Waals surface area contributed by atoms with E-state index in [4.69, 9.17) is 19.4 Å². The van der Waals surface area contributed by atoms with Crippen molar-refractivity contribution < 1.29 is 4.42 Å². The molecule has 0 aliphatic rings. The van der Waals surface area contributed by atoms with E-state index < -0.39 is 0 Å². The topological polar surface area (TPSA) is 51.8 Å². The van der Waals surface area contributed by atoms with E-state index in [-0.39, 0.29) is 0 Å². The molecule has 0 spiro atoms. The van der Waals surface area contributed by atoms with Gasteiger partial charge >= 0.3 is 0 Å². The van der Waals surface area contributed by atoms with Gasteiger partial charge in [0, 0.05) is 27.5 Å². The quantitative estimate of drug-likeness (QED) is 0.195. The molecule has 0 aliphatic heterocycles. The molecule has 0 aliphatic carbocycles. The number of hydrogen-bond acceptors (Lipinski definition) is 4. The summed E-state index contributed by atoms with van der Waals surface area (Å²) >= 11 is 0. The lowest BCUT2D eigenvalue weighted by Crippen LogP contribution is -2.01. The Kier molecular flexibility index (Phi) is 6.15. The van der Waals surface area contributed by atoms with Crippen molar-refractivity contribution in [3.8, 4) is 45.3 Å². The number of benzene rings is 8. The number of furan rings is 1. The molecule has 0 atom stereocenters. The second-order valence-electron chi connectivity index (χ2n) is 12.4. The van der Waals surface area contributed by atoms with Crippen LogP contribution in [0.4, 0.5) is 0 Å². The third kappa shape index (κ3) is 4.57. The van der Waals surface area contributed by atoms with Crippen LogP contribution in [0.15, 0.2) is 168 Å². The van der Waals surface area contributed by atoms with Gasteiger partial charge in [-0.25, -0.2) is 15.0 Å². The van der Waals surface area contributed by atoms with Crippen LogP contribution in [0, 0.1) is 0 Å². The second kappa shape index (κ2) is 11.0. The van der Waals surface area contributed by atoms with Crippen molar-refractivity contribution in [2.45, 2.75) is 0 Å². The van der Waals surface area contributed by atoms with Crippen LogP contribution >= 0.6 is 0 Å². The van der Waals surface area contributed by atoms with Crippen molar-refractivity contribution in [1.82, 2.24) is 15.0 Å². The summed E-state index contributed by atoms with van der Waals surface area (Å²) in [6.07, 6.45) is 0. The number of rotatable bonds is 4. The van der Waals surface area contributed by atoms with Crippen molar-refractivity contribution >= 4 is 54.3 Å². The van der Waals surface area contributed by atoms with Gasteiger partial charge in [-0.3, -0.25) is 0 Å². The lowest BCUT2D eigenvalue weighted by molar-refractivity contribution is 0.669. The summed E-state index contributed by atoms with van der Waals surface area (Å²) < 4.78 is 6.14. The molecule has 0 fully saturated rings. The summed E-state index contributed by atoms with van der Waals surface area (Å²) in [5.74, 6) is 1.87. The predicted octanol–water partition coefficient (Wildman–Crippen LogP) is 11.9. The summed E-state index contributed by atoms with van der Waals surface area (Å²) in [6.45, 7) is 0. The smallest absolute Gasteiger partial charge is 0.164 e. The lowest BCUT2D eigenvalue weighted by Gasteiger charge is -2.14. The lowest BCUT2D eigenvalue weighted by atomic mass is 9.92. The Hall–Kier alpha value is -6.65. The molecule has 0 bridgehead atoms. The Morgan fingerprint density at radius 2 is 0.857 bits per heavy atom.